The van der Waals surface area contributed by atoms with Gasteiger partial charge in [0.05, 0.1) is 11.0 Å². The topological polar surface area (TPSA) is 78.1 Å². The quantitative estimate of drug-likeness (QED) is 0.834. The number of nitrogens with one attached hydrogen (secondary N) is 2. The Morgan fingerprint density at radius 1 is 1.44 bits per heavy atom. The van der Waals surface area contributed by atoms with E-state index in [9.17, 15) is 22.8 Å². The number of hydrogen-bond donors (Lipinski definition) is 2. The summed E-state index contributed by atoms with van der Waals surface area (Å²) < 4.78 is 38.1. The minimum Gasteiger partial charge on any atom is -0.334 e. The number of hydrogen-bond acceptors (Lipinski definition) is 3. The van der Waals surface area contributed by atoms with Gasteiger partial charge >= 0.3 is 6.18 Å². The molecule has 0 spiro atoms. The highest BCUT2D eigenvalue weighted by molar-refractivity contribution is 6.03. The fourth-order valence-electron chi connectivity index (χ4n) is 2.75. The molecule has 6 nitrogen and oxygen atoms in total. The third-order valence-corrected chi connectivity index (χ3v) is 4.36. The number of fused-ring (bicyclic) bond motifs is 1. The second-order valence-electron chi connectivity index (χ2n) is 5.99. The standard InChI is InChI=1S/C16H15F3N4O2/c1-3-12(24)23-7-6-15(23,2)14(25)20-9-4-5-10-11(8-9)22-13(21-10)16(17,18)19/h3-5,8H,1,6-7H2,2H3,(H,20,25)(H,21,22). The molecule has 25 heavy (non-hydrogen) atoms. The fraction of sp³-hybridized carbons (Fsp3) is 0.312. The predicted octanol–water partition coefficient (Wildman–Crippen LogP) is 2.70. The minimum absolute atomic E-state index is 0.142. The van der Waals surface area contributed by atoms with Crippen LogP contribution >= 0.6 is 0 Å². The minimum atomic E-state index is -4.58. The van der Waals surface area contributed by atoms with Crippen LogP contribution in [0.3, 0.4) is 0 Å². The Morgan fingerprint density at radius 2 is 2.16 bits per heavy atom. The van der Waals surface area contributed by atoms with Crippen molar-refractivity contribution in [1.82, 2.24) is 14.9 Å². The highest BCUT2D eigenvalue weighted by atomic mass is 19.4. The summed E-state index contributed by atoms with van der Waals surface area (Å²) in [5.41, 5.74) is -0.397. The van der Waals surface area contributed by atoms with Crippen LogP contribution in [0.4, 0.5) is 18.9 Å². The molecule has 0 aliphatic carbocycles. The molecule has 0 bridgehead atoms. The monoisotopic (exact) mass is 352 g/mol. The Morgan fingerprint density at radius 3 is 2.72 bits per heavy atom. The number of halogens is 3. The van der Waals surface area contributed by atoms with Gasteiger partial charge in [0.1, 0.15) is 5.54 Å². The molecule has 1 aliphatic heterocycles. The lowest BCUT2D eigenvalue weighted by atomic mass is 9.85. The number of amides is 2. The largest absolute Gasteiger partial charge is 0.449 e. The van der Waals surface area contributed by atoms with Gasteiger partial charge in [0.2, 0.25) is 17.6 Å². The first-order valence-electron chi connectivity index (χ1n) is 7.47. The number of rotatable bonds is 3. The first kappa shape index (κ1) is 17.0. The summed E-state index contributed by atoms with van der Waals surface area (Å²) >= 11 is 0. The zero-order chi connectivity index (χ0) is 18.4. The predicted molar refractivity (Wildman–Crippen MR) is 84.7 cm³/mol. The number of H-pyrrole nitrogens is 1. The third-order valence-electron chi connectivity index (χ3n) is 4.36. The van der Waals surface area contributed by atoms with Crippen molar-refractivity contribution >= 4 is 28.5 Å². The molecule has 0 saturated carbocycles. The number of aromatic nitrogens is 2. The smallest absolute Gasteiger partial charge is 0.334 e. The van der Waals surface area contributed by atoms with Crippen LogP contribution in [0, 0.1) is 0 Å². The second-order valence-corrected chi connectivity index (χ2v) is 5.99. The molecule has 3 rings (SSSR count). The molecule has 1 aromatic heterocycles. The molecular weight excluding hydrogens is 337 g/mol. The summed E-state index contributed by atoms with van der Waals surface area (Å²) in [5, 5.41) is 2.64. The lowest BCUT2D eigenvalue weighted by Crippen LogP contribution is -2.65. The molecule has 132 valence electrons. The van der Waals surface area contributed by atoms with Crippen LogP contribution in [0.5, 0.6) is 0 Å². The molecule has 1 atom stereocenters. The first-order chi connectivity index (χ1) is 11.6. The van der Waals surface area contributed by atoms with E-state index in [1.54, 1.807) is 6.92 Å². The van der Waals surface area contributed by atoms with Crippen LogP contribution in [0.25, 0.3) is 11.0 Å². The number of nitrogens with zero attached hydrogens (tertiary/aromatic N) is 2. The normalized spacial score (nSPS) is 20.2. The van der Waals surface area contributed by atoms with E-state index in [-0.39, 0.29) is 16.9 Å². The lowest BCUT2D eigenvalue weighted by molar-refractivity contribution is -0.150. The van der Waals surface area contributed by atoms with Crippen molar-refractivity contribution in [1.29, 1.82) is 0 Å². The number of alkyl halides is 3. The van der Waals surface area contributed by atoms with Gasteiger partial charge in [0.15, 0.2) is 0 Å². The molecular formula is C16H15F3N4O2. The molecule has 0 radical (unpaired) electrons. The lowest BCUT2D eigenvalue weighted by Gasteiger charge is -2.48. The summed E-state index contributed by atoms with van der Waals surface area (Å²) in [6.07, 6.45) is -2.95. The Balaban J connectivity index is 1.82. The van der Waals surface area contributed by atoms with Crippen molar-refractivity contribution in [2.75, 3.05) is 11.9 Å². The number of anilines is 1. The second kappa shape index (κ2) is 5.61. The third kappa shape index (κ3) is 2.86. The maximum absolute atomic E-state index is 12.7. The molecule has 2 aromatic rings. The molecule has 1 aromatic carbocycles. The van der Waals surface area contributed by atoms with Gasteiger partial charge in [0, 0.05) is 12.2 Å². The molecule has 2 N–H and O–H groups in total. The Labute approximate surface area is 140 Å². The summed E-state index contributed by atoms with van der Waals surface area (Å²) in [7, 11) is 0. The fourth-order valence-corrected chi connectivity index (χ4v) is 2.75. The van der Waals surface area contributed by atoms with E-state index in [1.807, 2.05) is 0 Å². The van der Waals surface area contributed by atoms with E-state index in [0.717, 1.165) is 6.08 Å². The summed E-state index contributed by atoms with van der Waals surface area (Å²) in [5.74, 6) is -1.86. The molecule has 9 heteroatoms. The van der Waals surface area contributed by atoms with Crippen LogP contribution in [0.2, 0.25) is 0 Å². The maximum atomic E-state index is 12.7. The number of likely N-dealkylation sites (tertiary alicyclic amines) is 1. The molecule has 1 aliphatic rings. The highest BCUT2D eigenvalue weighted by Gasteiger charge is 2.48. The molecule has 2 heterocycles. The SMILES string of the molecule is C=CC(=O)N1CCC1(C)C(=O)Nc1ccc2nc(C(F)(F)F)[nH]c2c1. The Kier molecular flexibility index (Phi) is 3.81. The zero-order valence-electron chi connectivity index (χ0n) is 13.3. The Bertz CT molecular complexity index is 874. The van der Waals surface area contributed by atoms with Crippen molar-refractivity contribution in [3.63, 3.8) is 0 Å². The van der Waals surface area contributed by atoms with Gasteiger partial charge in [0.25, 0.3) is 0 Å². The van der Waals surface area contributed by atoms with Crippen molar-refractivity contribution in [3.8, 4) is 0 Å². The summed E-state index contributed by atoms with van der Waals surface area (Å²) in [6.45, 7) is 5.48. The van der Waals surface area contributed by atoms with E-state index < -0.39 is 23.4 Å². The number of imidazole rings is 1. The van der Waals surface area contributed by atoms with Gasteiger partial charge in [-0.05, 0) is 37.6 Å². The van der Waals surface area contributed by atoms with Gasteiger partial charge in [-0.3, -0.25) is 9.59 Å². The van der Waals surface area contributed by atoms with Crippen molar-refractivity contribution < 1.29 is 22.8 Å². The number of carbonyl (C=O) groups excluding carboxylic acids is 2. The van der Waals surface area contributed by atoms with E-state index in [2.05, 4.69) is 21.9 Å². The van der Waals surface area contributed by atoms with Gasteiger partial charge < -0.3 is 15.2 Å². The number of benzene rings is 1. The average molecular weight is 352 g/mol. The van der Waals surface area contributed by atoms with Crippen LogP contribution in [0.15, 0.2) is 30.9 Å². The molecule has 1 saturated heterocycles. The van der Waals surface area contributed by atoms with Crippen molar-refractivity contribution in [2.24, 2.45) is 0 Å². The van der Waals surface area contributed by atoms with Gasteiger partial charge in [-0.2, -0.15) is 13.2 Å². The van der Waals surface area contributed by atoms with E-state index in [0.29, 0.717) is 18.7 Å². The van der Waals surface area contributed by atoms with Crippen LogP contribution < -0.4 is 5.32 Å². The maximum Gasteiger partial charge on any atom is 0.449 e. The van der Waals surface area contributed by atoms with Crippen molar-refractivity contribution in [3.05, 3.63) is 36.7 Å². The van der Waals surface area contributed by atoms with E-state index in [1.165, 1.54) is 23.1 Å². The van der Waals surface area contributed by atoms with Gasteiger partial charge in [-0.25, -0.2) is 4.98 Å². The van der Waals surface area contributed by atoms with Crippen molar-refractivity contribution in [2.45, 2.75) is 25.1 Å². The van der Waals surface area contributed by atoms with Crippen LogP contribution in [-0.2, 0) is 15.8 Å². The highest BCUT2D eigenvalue weighted by Crippen LogP contribution is 2.33. The van der Waals surface area contributed by atoms with E-state index in [4.69, 9.17) is 0 Å². The van der Waals surface area contributed by atoms with E-state index >= 15 is 0 Å². The Hall–Kier alpha value is -2.84. The summed E-state index contributed by atoms with van der Waals surface area (Å²) in [6, 6.07) is 4.21. The summed E-state index contributed by atoms with van der Waals surface area (Å²) in [4.78, 5) is 31.3. The van der Waals surface area contributed by atoms with Gasteiger partial charge in [-0.15, -0.1) is 0 Å². The van der Waals surface area contributed by atoms with Gasteiger partial charge in [-0.1, -0.05) is 6.58 Å². The van der Waals surface area contributed by atoms with Crippen LogP contribution in [0.1, 0.15) is 19.2 Å². The molecule has 2 amide bonds. The average Bonchev–Trinajstić information content (AvgIpc) is 2.96. The van der Waals surface area contributed by atoms with Crippen LogP contribution in [-0.4, -0.2) is 38.8 Å². The number of carbonyl (C=O) groups is 2. The first-order valence-corrected chi connectivity index (χ1v) is 7.47. The zero-order valence-corrected chi connectivity index (χ0v) is 13.3. The molecule has 1 unspecified atom stereocenters. The molecule has 1 fully saturated rings. The number of aromatic amines is 1.